The quantitative estimate of drug-likeness (QED) is 0.670. The summed E-state index contributed by atoms with van der Waals surface area (Å²) >= 11 is 1.53. The summed E-state index contributed by atoms with van der Waals surface area (Å²) in [4.78, 5) is 15.3. The van der Waals surface area contributed by atoms with Gasteiger partial charge in [-0.15, -0.1) is 11.8 Å². The van der Waals surface area contributed by atoms with Crippen molar-refractivity contribution in [2.45, 2.75) is 11.8 Å². The van der Waals surface area contributed by atoms with Crippen LogP contribution in [0.1, 0.15) is 11.8 Å². The standard InChI is InChI=1S/C10H15N3O3S/c11-7-1-2-13(9(16)12-7)8-3-10(4-14,5-15)6-17-8/h1-2,8,14-15H,3-6H2,(H2,11,12,16)/t8-/m0/s1. The van der Waals surface area contributed by atoms with E-state index in [-0.39, 0.29) is 24.4 Å². The van der Waals surface area contributed by atoms with Gasteiger partial charge < -0.3 is 15.9 Å². The SMILES string of the molecule is Nc1ccn([C@@H]2CC(CO)(CO)CS2)c(=O)n1. The third-order valence-electron chi connectivity index (χ3n) is 3.02. The Morgan fingerprint density at radius 2 is 2.29 bits per heavy atom. The van der Waals surface area contributed by atoms with Crippen LogP contribution in [0.25, 0.3) is 0 Å². The van der Waals surface area contributed by atoms with Crippen LogP contribution in [0.15, 0.2) is 17.1 Å². The molecule has 2 heterocycles. The zero-order chi connectivity index (χ0) is 12.5. The van der Waals surface area contributed by atoms with Gasteiger partial charge in [-0.3, -0.25) is 4.57 Å². The molecule has 7 heteroatoms. The van der Waals surface area contributed by atoms with Gasteiger partial charge in [0.25, 0.3) is 0 Å². The Balaban J connectivity index is 2.23. The maximum absolute atomic E-state index is 11.6. The fraction of sp³-hybridized carbons (Fsp3) is 0.600. The Kier molecular flexibility index (Phi) is 3.41. The van der Waals surface area contributed by atoms with E-state index in [0.717, 1.165) is 0 Å². The van der Waals surface area contributed by atoms with Crippen LogP contribution in [0.4, 0.5) is 5.82 Å². The van der Waals surface area contributed by atoms with Crippen molar-refractivity contribution < 1.29 is 10.2 Å². The predicted octanol–water partition coefficient (Wildman–Crippen LogP) is -0.568. The number of nitrogens with zero attached hydrogens (tertiary/aromatic N) is 2. The van der Waals surface area contributed by atoms with E-state index in [9.17, 15) is 15.0 Å². The van der Waals surface area contributed by atoms with Crippen LogP contribution in [-0.2, 0) is 0 Å². The second kappa shape index (κ2) is 4.67. The molecule has 1 atom stereocenters. The van der Waals surface area contributed by atoms with Crippen molar-refractivity contribution in [2.75, 3.05) is 24.7 Å². The fourth-order valence-electron chi connectivity index (χ4n) is 1.86. The Labute approximate surface area is 102 Å². The molecule has 4 N–H and O–H groups in total. The summed E-state index contributed by atoms with van der Waals surface area (Å²) in [5, 5.41) is 18.5. The lowest BCUT2D eigenvalue weighted by molar-refractivity contribution is 0.0687. The van der Waals surface area contributed by atoms with Crippen LogP contribution in [0, 0.1) is 5.41 Å². The Bertz CT molecular complexity index is 458. The van der Waals surface area contributed by atoms with Gasteiger partial charge >= 0.3 is 5.69 Å². The number of aromatic nitrogens is 2. The average Bonchev–Trinajstić information content (AvgIpc) is 2.74. The van der Waals surface area contributed by atoms with E-state index < -0.39 is 11.1 Å². The van der Waals surface area contributed by atoms with E-state index in [0.29, 0.717) is 12.2 Å². The van der Waals surface area contributed by atoms with E-state index in [1.165, 1.54) is 16.3 Å². The third-order valence-corrected chi connectivity index (χ3v) is 4.58. The lowest BCUT2D eigenvalue weighted by atomic mass is 9.89. The van der Waals surface area contributed by atoms with E-state index in [1.807, 2.05) is 0 Å². The normalized spacial score (nSPS) is 22.8. The van der Waals surface area contributed by atoms with Crippen molar-refractivity contribution in [3.63, 3.8) is 0 Å². The van der Waals surface area contributed by atoms with Gasteiger partial charge in [0.2, 0.25) is 0 Å². The maximum Gasteiger partial charge on any atom is 0.350 e. The highest BCUT2D eigenvalue weighted by Gasteiger charge is 2.40. The van der Waals surface area contributed by atoms with Gasteiger partial charge in [-0.2, -0.15) is 4.98 Å². The summed E-state index contributed by atoms with van der Waals surface area (Å²) in [5.74, 6) is 0.825. The first-order valence-electron chi connectivity index (χ1n) is 5.28. The number of hydrogen-bond acceptors (Lipinski definition) is 6. The Morgan fingerprint density at radius 3 is 2.82 bits per heavy atom. The number of aliphatic hydroxyl groups excluding tert-OH is 2. The number of nitrogen functional groups attached to an aromatic ring is 1. The Hall–Kier alpha value is -1.05. The molecule has 0 unspecified atom stereocenters. The van der Waals surface area contributed by atoms with Crippen LogP contribution in [0.3, 0.4) is 0 Å². The lowest BCUT2D eigenvalue weighted by Crippen LogP contribution is -2.31. The zero-order valence-electron chi connectivity index (χ0n) is 9.24. The number of aliphatic hydroxyl groups is 2. The molecule has 1 aromatic heterocycles. The second-order valence-corrected chi connectivity index (χ2v) is 5.49. The highest BCUT2D eigenvalue weighted by Crippen LogP contribution is 2.46. The average molecular weight is 257 g/mol. The first kappa shape index (κ1) is 12.4. The van der Waals surface area contributed by atoms with Crippen LogP contribution in [-0.4, -0.2) is 38.7 Å². The molecule has 0 saturated carbocycles. The van der Waals surface area contributed by atoms with Gasteiger partial charge in [0.1, 0.15) is 5.82 Å². The summed E-state index contributed by atoms with van der Waals surface area (Å²) in [6, 6.07) is 1.57. The Morgan fingerprint density at radius 1 is 1.59 bits per heavy atom. The molecule has 1 aliphatic heterocycles. The molecule has 94 valence electrons. The first-order valence-corrected chi connectivity index (χ1v) is 6.33. The molecule has 17 heavy (non-hydrogen) atoms. The minimum Gasteiger partial charge on any atom is -0.396 e. The van der Waals surface area contributed by atoms with Crippen LogP contribution in [0.2, 0.25) is 0 Å². The molecular formula is C10H15N3O3S. The van der Waals surface area contributed by atoms with E-state index in [4.69, 9.17) is 5.73 Å². The molecule has 6 nitrogen and oxygen atoms in total. The molecule has 1 aromatic rings. The first-order chi connectivity index (χ1) is 8.10. The summed E-state index contributed by atoms with van der Waals surface area (Å²) in [5.41, 5.74) is 4.52. The highest BCUT2D eigenvalue weighted by molar-refractivity contribution is 7.99. The van der Waals surface area contributed by atoms with E-state index in [1.54, 1.807) is 12.3 Å². The fourth-order valence-corrected chi connectivity index (χ4v) is 3.49. The lowest BCUT2D eigenvalue weighted by Gasteiger charge is -2.22. The van der Waals surface area contributed by atoms with Crippen molar-refractivity contribution in [3.8, 4) is 0 Å². The minimum absolute atomic E-state index is 0.0792. The largest absolute Gasteiger partial charge is 0.396 e. The van der Waals surface area contributed by atoms with Crippen molar-refractivity contribution in [1.29, 1.82) is 0 Å². The summed E-state index contributed by atoms with van der Waals surface area (Å²) in [6.07, 6.45) is 2.16. The molecule has 0 aromatic carbocycles. The third kappa shape index (κ3) is 2.31. The van der Waals surface area contributed by atoms with Crippen LogP contribution >= 0.6 is 11.8 Å². The molecule has 1 saturated heterocycles. The molecule has 0 bridgehead atoms. The monoisotopic (exact) mass is 257 g/mol. The van der Waals surface area contributed by atoms with Crippen LogP contribution < -0.4 is 11.4 Å². The van der Waals surface area contributed by atoms with Gasteiger partial charge in [-0.05, 0) is 12.5 Å². The van der Waals surface area contributed by atoms with Gasteiger partial charge in [-0.25, -0.2) is 4.79 Å². The maximum atomic E-state index is 11.6. The number of thioether (sulfide) groups is 1. The minimum atomic E-state index is -0.504. The van der Waals surface area contributed by atoms with Crippen molar-refractivity contribution >= 4 is 17.6 Å². The molecule has 0 aliphatic carbocycles. The molecule has 1 aliphatic rings. The number of nitrogens with two attached hydrogens (primary N) is 1. The number of anilines is 1. The van der Waals surface area contributed by atoms with Gasteiger partial charge in [0.05, 0.1) is 18.6 Å². The van der Waals surface area contributed by atoms with E-state index in [2.05, 4.69) is 4.98 Å². The highest BCUT2D eigenvalue weighted by atomic mass is 32.2. The van der Waals surface area contributed by atoms with Crippen molar-refractivity contribution in [2.24, 2.45) is 5.41 Å². The second-order valence-electron chi connectivity index (χ2n) is 4.33. The molecular weight excluding hydrogens is 242 g/mol. The molecule has 1 fully saturated rings. The summed E-state index contributed by atoms with van der Waals surface area (Å²) in [7, 11) is 0. The topological polar surface area (TPSA) is 101 Å². The van der Waals surface area contributed by atoms with Crippen molar-refractivity contribution in [3.05, 3.63) is 22.7 Å². The number of rotatable bonds is 3. The van der Waals surface area contributed by atoms with Gasteiger partial charge in [0, 0.05) is 17.4 Å². The molecule has 2 rings (SSSR count). The molecule has 0 spiro atoms. The van der Waals surface area contributed by atoms with Gasteiger partial charge in [-0.1, -0.05) is 0 Å². The smallest absolute Gasteiger partial charge is 0.350 e. The number of hydrogen-bond donors (Lipinski definition) is 3. The van der Waals surface area contributed by atoms with E-state index >= 15 is 0 Å². The predicted molar refractivity (Wildman–Crippen MR) is 65.6 cm³/mol. The van der Waals surface area contributed by atoms with Gasteiger partial charge in [0.15, 0.2) is 0 Å². The molecule has 0 radical (unpaired) electrons. The molecule has 0 amide bonds. The van der Waals surface area contributed by atoms with Crippen molar-refractivity contribution in [1.82, 2.24) is 9.55 Å². The summed E-state index contributed by atoms with van der Waals surface area (Å²) < 4.78 is 1.49. The summed E-state index contributed by atoms with van der Waals surface area (Å²) in [6.45, 7) is -0.158. The van der Waals surface area contributed by atoms with Crippen LogP contribution in [0.5, 0.6) is 0 Å². The zero-order valence-corrected chi connectivity index (χ0v) is 10.1.